The highest BCUT2D eigenvalue weighted by Gasteiger charge is 2.41. The summed E-state index contributed by atoms with van der Waals surface area (Å²) in [5.41, 5.74) is 0.689. The van der Waals surface area contributed by atoms with E-state index in [0.717, 1.165) is 5.56 Å². The van der Waals surface area contributed by atoms with E-state index < -0.39 is 5.72 Å². The van der Waals surface area contributed by atoms with Gasteiger partial charge < -0.3 is 10.0 Å². The van der Waals surface area contributed by atoms with Crippen molar-refractivity contribution in [2.75, 3.05) is 14.1 Å². The van der Waals surface area contributed by atoms with Gasteiger partial charge in [-0.25, -0.2) is 9.98 Å². The quantitative estimate of drug-likeness (QED) is 0.916. The lowest BCUT2D eigenvalue weighted by atomic mass is 9.94. The fourth-order valence-corrected chi connectivity index (χ4v) is 2.33. The largest absolute Gasteiger partial charge is 0.361 e. The van der Waals surface area contributed by atoms with Crippen LogP contribution >= 0.6 is 0 Å². The molecule has 2 aromatic carbocycles. The first-order valence-corrected chi connectivity index (χ1v) is 6.81. The molecule has 0 saturated heterocycles. The fraction of sp³-hybridized carbons (Fsp3) is 0.176. The average Bonchev–Trinajstić information content (AvgIpc) is 2.89. The predicted molar refractivity (Wildman–Crippen MR) is 84.4 cm³/mol. The normalized spacial score (nSPS) is 20.9. The van der Waals surface area contributed by atoms with E-state index >= 15 is 0 Å². The van der Waals surface area contributed by atoms with Crippen LogP contribution in [0.25, 0.3) is 0 Å². The van der Waals surface area contributed by atoms with E-state index in [-0.39, 0.29) is 0 Å². The van der Waals surface area contributed by atoms with Crippen molar-refractivity contribution in [3.8, 4) is 0 Å². The molecule has 4 heteroatoms. The zero-order valence-corrected chi connectivity index (χ0v) is 12.1. The molecular weight excluding hydrogens is 262 g/mol. The molecule has 1 N–H and O–H groups in total. The molecule has 0 spiro atoms. The van der Waals surface area contributed by atoms with Crippen LogP contribution < -0.4 is 0 Å². The van der Waals surface area contributed by atoms with Crippen LogP contribution in [0.2, 0.25) is 0 Å². The molecule has 0 saturated carbocycles. The summed E-state index contributed by atoms with van der Waals surface area (Å²) in [6.07, 6.45) is 0. The van der Waals surface area contributed by atoms with Gasteiger partial charge in [-0.05, 0) is 0 Å². The van der Waals surface area contributed by atoms with Gasteiger partial charge in [0.2, 0.25) is 11.7 Å². The summed E-state index contributed by atoms with van der Waals surface area (Å²) in [7, 11) is 3.73. The lowest BCUT2D eigenvalue weighted by Crippen LogP contribution is -2.32. The van der Waals surface area contributed by atoms with Crippen molar-refractivity contribution in [2.24, 2.45) is 9.98 Å². The van der Waals surface area contributed by atoms with Gasteiger partial charge in [0.15, 0.2) is 0 Å². The first kappa shape index (κ1) is 13.5. The number of benzene rings is 2. The van der Waals surface area contributed by atoms with Crippen molar-refractivity contribution in [3.05, 3.63) is 71.8 Å². The van der Waals surface area contributed by atoms with Gasteiger partial charge >= 0.3 is 0 Å². The van der Waals surface area contributed by atoms with Crippen LogP contribution in [0, 0.1) is 0 Å². The van der Waals surface area contributed by atoms with Crippen LogP contribution in [0.3, 0.4) is 0 Å². The maximum Gasteiger partial charge on any atom is 0.230 e. The van der Waals surface area contributed by atoms with Crippen molar-refractivity contribution in [1.29, 1.82) is 0 Å². The molecular formula is C17H17N3O. The van der Waals surface area contributed by atoms with Crippen LogP contribution in [-0.2, 0) is 5.72 Å². The molecule has 0 aromatic heterocycles. The molecule has 0 amide bonds. The number of nitrogens with zero attached hydrogens (tertiary/aromatic N) is 3. The third-order valence-electron chi connectivity index (χ3n) is 3.43. The third-order valence-corrected chi connectivity index (χ3v) is 3.43. The molecule has 21 heavy (non-hydrogen) atoms. The maximum absolute atomic E-state index is 11.2. The van der Waals surface area contributed by atoms with Crippen molar-refractivity contribution in [1.82, 2.24) is 4.90 Å². The number of hydrogen-bond acceptors (Lipinski definition) is 4. The number of hydrogen-bond donors (Lipinski definition) is 1. The van der Waals surface area contributed by atoms with Gasteiger partial charge in [0, 0.05) is 25.2 Å². The van der Waals surface area contributed by atoms with E-state index in [4.69, 9.17) is 0 Å². The van der Waals surface area contributed by atoms with Crippen molar-refractivity contribution in [2.45, 2.75) is 5.72 Å². The van der Waals surface area contributed by atoms with E-state index in [2.05, 4.69) is 9.98 Å². The molecule has 0 bridgehead atoms. The highest BCUT2D eigenvalue weighted by atomic mass is 16.3. The Labute approximate surface area is 124 Å². The molecule has 0 aliphatic carbocycles. The standard InChI is InChI=1S/C17H17N3O/c1-20(2)16-18-15(13-9-5-3-6-10-13)17(21,19-16)14-11-7-4-8-12-14/h3-12,21H,1-2H3. The Hall–Kier alpha value is -2.46. The number of guanidine groups is 1. The Morgan fingerprint density at radius 3 is 2.05 bits per heavy atom. The summed E-state index contributed by atoms with van der Waals surface area (Å²) >= 11 is 0. The van der Waals surface area contributed by atoms with Crippen molar-refractivity contribution < 1.29 is 5.11 Å². The first-order chi connectivity index (χ1) is 10.1. The smallest absolute Gasteiger partial charge is 0.230 e. The monoisotopic (exact) mass is 279 g/mol. The minimum absolute atomic E-state index is 0.514. The number of rotatable bonds is 2. The topological polar surface area (TPSA) is 48.2 Å². The molecule has 3 rings (SSSR count). The summed E-state index contributed by atoms with van der Waals surface area (Å²) in [6, 6.07) is 19.1. The Kier molecular flexibility index (Phi) is 3.31. The minimum atomic E-state index is -1.44. The SMILES string of the molecule is CN(C)C1=NC(O)(c2ccccc2)C(c2ccccc2)=N1. The number of aliphatic hydroxyl groups is 1. The minimum Gasteiger partial charge on any atom is -0.361 e. The zero-order chi connectivity index (χ0) is 14.9. The van der Waals surface area contributed by atoms with E-state index in [1.165, 1.54) is 0 Å². The first-order valence-electron chi connectivity index (χ1n) is 6.81. The molecule has 2 aromatic rings. The lowest BCUT2D eigenvalue weighted by molar-refractivity contribution is 0.125. The number of aliphatic imine (C=N–C) groups is 2. The molecule has 106 valence electrons. The highest BCUT2D eigenvalue weighted by Crippen LogP contribution is 2.32. The van der Waals surface area contributed by atoms with Gasteiger partial charge in [-0.1, -0.05) is 60.7 Å². The summed E-state index contributed by atoms with van der Waals surface area (Å²) in [5.74, 6) is 0.514. The predicted octanol–water partition coefficient (Wildman–Crippen LogP) is 2.25. The molecule has 1 aliphatic heterocycles. The Balaban J connectivity index is 2.15. The van der Waals surface area contributed by atoms with Gasteiger partial charge in [-0.15, -0.1) is 0 Å². The zero-order valence-electron chi connectivity index (χ0n) is 12.1. The molecule has 1 heterocycles. The second-order valence-corrected chi connectivity index (χ2v) is 5.17. The van der Waals surface area contributed by atoms with E-state index in [0.29, 0.717) is 17.2 Å². The summed E-state index contributed by atoms with van der Waals surface area (Å²) < 4.78 is 0. The van der Waals surface area contributed by atoms with Crippen LogP contribution in [0.1, 0.15) is 11.1 Å². The molecule has 0 radical (unpaired) electrons. The van der Waals surface area contributed by atoms with E-state index in [1.807, 2.05) is 74.8 Å². The Morgan fingerprint density at radius 2 is 1.48 bits per heavy atom. The molecule has 1 atom stereocenters. The molecule has 4 nitrogen and oxygen atoms in total. The Morgan fingerprint density at radius 1 is 0.905 bits per heavy atom. The van der Waals surface area contributed by atoms with Crippen LogP contribution in [0.5, 0.6) is 0 Å². The van der Waals surface area contributed by atoms with Crippen LogP contribution in [0.4, 0.5) is 0 Å². The fourth-order valence-electron chi connectivity index (χ4n) is 2.33. The van der Waals surface area contributed by atoms with Gasteiger partial charge in [0.1, 0.15) is 5.71 Å². The Bertz CT molecular complexity index is 692. The lowest BCUT2D eigenvalue weighted by Gasteiger charge is -2.22. The summed E-state index contributed by atoms with van der Waals surface area (Å²) in [6.45, 7) is 0. The maximum atomic E-state index is 11.2. The van der Waals surface area contributed by atoms with E-state index in [1.54, 1.807) is 4.90 Å². The van der Waals surface area contributed by atoms with Gasteiger partial charge in [-0.3, -0.25) is 0 Å². The van der Waals surface area contributed by atoms with E-state index in [9.17, 15) is 5.11 Å². The second kappa shape index (κ2) is 5.14. The van der Waals surface area contributed by atoms with Crippen LogP contribution in [0.15, 0.2) is 70.6 Å². The molecule has 1 aliphatic rings. The van der Waals surface area contributed by atoms with Gasteiger partial charge in [0.05, 0.1) is 0 Å². The van der Waals surface area contributed by atoms with Gasteiger partial charge in [0.25, 0.3) is 0 Å². The van der Waals surface area contributed by atoms with Crippen molar-refractivity contribution >= 4 is 11.7 Å². The molecule has 1 unspecified atom stereocenters. The average molecular weight is 279 g/mol. The van der Waals surface area contributed by atoms with Crippen molar-refractivity contribution in [3.63, 3.8) is 0 Å². The highest BCUT2D eigenvalue weighted by molar-refractivity contribution is 6.15. The summed E-state index contributed by atoms with van der Waals surface area (Å²) in [5, 5.41) is 11.2. The summed E-state index contributed by atoms with van der Waals surface area (Å²) in [4.78, 5) is 10.8. The van der Waals surface area contributed by atoms with Gasteiger partial charge in [-0.2, -0.15) is 0 Å². The van der Waals surface area contributed by atoms with Crippen LogP contribution in [-0.4, -0.2) is 35.8 Å². The molecule has 0 fully saturated rings. The second-order valence-electron chi connectivity index (χ2n) is 5.17. The third kappa shape index (κ3) is 2.34.